The number of rotatable bonds is 17. The Labute approximate surface area is 606 Å². The fourth-order valence-electron chi connectivity index (χ4n) is 10.1. The topological polar surface area (TPSA) is 366 Å². The minimum Gasteiger partial charge on any atom is -0.386 e. The highest BCUT2D eigenvalue weighted by Crippen LogP contribution is 2.53. The number of benzene rings is 3. The number of nitrogens with one attached hydrogen (secondary N) is 5. The molecular formula is C64H59Cl4F6N23O5S. The molecule has 39 heteroatoms. The molecule has 0 radical (unpaired) electrons. The maximum Gasteiger partial charge on any atom is 0.455 e. The number of amides is 4. The monoisotopic (exact) mass is 1520 g/mol. The van der Waals surface area contributed by atoms with Gasteiger partial charge < -0.3 is 26.4 Å². The summed E-state index contributed by atoms with van der Waals surface area (Å²) in [6.07, 6.45) is -3.38. The third kappa shape index (κ3) is 18.8. The highest BCUT2D eigenvalue weighted by atomic mass is 35.5. The lowest BCUT2D eigenvalue weighted by Gasteiger charge is -2.33. The Morgan fingerprint density at radius 2 is 1.15 bits per heavy atom. The van der Waals surface area contributed by atoms with Gasteiger partial charge in [0.1, 0.15) is 29.9 Å². The highest BCUT2D eigenvalue weighted by Gasteiger charge is 2.58. The lowest BCUT2D eigenvalue weighted by Crippen LogP contribution is -2.47. The number of aliphatic hydroxyl groups is 1. The van der Waals surface area contributed by atoms with Crippen molar-refractivity contribution in [3.05, 3.63) is 197 Å². The molecule has 1 aliphatic rings. The number of nitrogens with zero attached hydrogens (tertiary/aromatic N) is 18. The van der Waals surface area contributed by atoms with Crippen molar-refractivity contribution in [2.75, 3.05) is 10.6 Å². The Hall–Kier alpha value is -10.6. The number of hydrogen-bond acceptors (Lipinski definition) is 19. The van der Waals surface area contributed by atoms with Crippen molar-refractivity contribution in [2.45, 2.75) is 128 Å². The first-order chi connectivity index (χ1) is 48.3. The number of aromatic amines is 1. The summed E-state index contributed by atoms with van der Waals surface area (Å²) >= 11 is 30.5. The van der Waals surface area contributed by atoms with E-state index in [-0.39, 0.29) is 91.2 Å². The molecule has 28 nitrogen and oxygen atoms in total. The molecule has 0 spiro atoms. The molecule has 1 atom stereocenters. The maximum atomic E-state index is 13.7. The number of aryl methyl sites for hydroxylation is 2. The van der Waals surface area contributed by atoms with Crippen LogP contribution in [0.1, 0.15) is 147 Å². The Balaban J connectivity index is 0.000000189. The molecule has 7 aromatic heterocycles. The number of tetrazole rings is 2. The zero-order valence-electron chi connectivity index (χ0n) is 55.4. The van der Waals surface area contributed by atoms with E-state index in [1.54, 1.807) is 72.2 Å². The number of halogens is 10. The molecule has 3 aromatic carbocycles. The zero-order chi connectivity index (χ0) is 75.3. The molecular weight excluding hydrogens is 1460 g/mol. The average Bonchev–Trinajstić information content (AvgIpc) is 1.60. The predicted molar refractivity (Wildman–Crippen MR) is 364 cm³/mol. The Morgan fingerprint density at radius 1 is 0.650 bits per heavy atom. The number of hydrogen-bond donors (Lipinski definition) is 6. The van der Waals surface area contributed by atoms with Crippen molar-refractivity contribution < 1.29 is 50.6 Å². The number of carbonyl (C=O) groups is 4. The fraction of sp³-hybridized carbons (Fsp3) is 0.312. The molecule has 536 valence electrons. The molecule has 103 heavy (non-hydrogen) atoms. The molecule has 1 unspecified atom stereocenters. The molecule has 0 bridgehead atoms. The molecule has 0 saturated heterocycles. The number of H-pyrrole nitrogens is 1. The van der Waals surface area contributed by atoms with Crippen LogP contribution in [0, 0.1) is 41.3 Å². The summed E-state index contributed by atoms with van der Waals surface area (Å²) in [5.41, 5.74) is -0.0615. The Kier molecular flexibility index (Phi) is 22.7. The molecule has 1 saturated carbocycles. The van der Waals surface area contributed by atoms with Crippen molar-refractivity contribution in [1.82, 2.24) is 95.3 Å². The second kappa shape index (κ2) is 30.6. The largest absolute Gasteiger partial charge is 0.455 e. The van der Waals surface area contributed by atoms with Crippen LogP contribution < -0.4 is 21.3 Å². The van der Waals surface area contributed by atoms with E-state index in [2.05, 4.69) is 82.5 Å². The number of aromatic nitrogens is 17. The minimum absolute atomic E-state index is 0.0167. The van der Waals surface area contributed by atoms with Gasteiger partial charge in [-0.2, -0.15) is 51.9 Å². The first-order valence-corrected chi connectivity index (χ1v) is 32.4. The molecule has 6 N–H and O–H groups in total. The van der Waals surface area contributed by atoms with Crippen LogP contribution >= 0.6 is 58.6 Å². The van der Waals surface area contributed by atoms with E-state index in [0.29, 0.717) is 36.8 Å². The number of anilines is 2. The van der Waals surface area contributed by atoms with Gasteiger partial charge in [0.05, 0.1) is 85.2 Å². The van der Waals surface area contributed by atoms with Gasteiger partial charge in [-0.3, -0.25) is 29.0 Å². The van der Waals surface area contributed by atoms with E-state index in [9.17, 15) is 61.2 Å². The number of nitriles is 2. The van der Waals surface area contributed by atoms with Crippen LogP contribution in [0.3, 0.4) is 0 Å². The molecule has 4 amide bonds. The van der Waals surface area contributed by atoms with Crippen LogP contribution in [0.5, 0.6) is 0 Å². The first-order valence-electron chi connectivity index (χ1n) is 30.5. The summed E-state index contributed by atoms with van der Waals surface area (Å²) in [6, 6.07) is 25.8. The van der Waals surface area contributed by atoms with Crippen LogP contribution in [0.15, 0.2) is 104 Å². The number of alkyl halides is 7. The molecule has 1 aliphatic carbocycles. The Bertz CT molecular complexity index is 5020. The van der Waals surface area contributed by atoms with Crippen molar-refractivity contribution in [3.8, 4) is 23.8 Å². The molecule has 7 heterocycles. The average molecular weight is 1520 g/mol. The third-order valence-corrected chi connectivity index (χ3v) is 16.9. The number of carbonyl (C=O) groups excluding carboxylic acids is 4. The van der Waals surface area contributed by atoms with E-state index in [4.69, 9.17) is 58.6 Å². The van der Waals surface area contributed by atoms with Gasteiger partial charge in [0.15, 0.2) is 11.6 Å². The minimum atomic E-state index is -4.83. The summed E-state index contributed by atoms with van der Waals surface area (Å²) in [7, 11) is 0. The Morgan fingerprint density at radius 3 is 1.57 bits per heavy atom. The lowest BCUT2D eigenvalue weighted by atomic mass is 9.89. The SMILES string of the molecule is Cc1cc(C#N)cc(C(=O)NC(C)(C)C)c1NC(=O)c1cc(Cn2nnc(C(F)(F)F)n2)nn1-c1ncccc1Cl.Cc1cc(C#N)cc(C(=O)NC(C)(C)C)c1NC(=O)c1cc(Cn2nnnc2C(F)(F)F)nn1-c1ncccc1Cl.OC(Cc1ccccc1Cl)(Cn1[nH]cnc1=S)C1(Cl)CC1. The van der Waals surface area contributed by atoms with Crippen LogP contribution in [0.25, 0.3) is 11.6 Å². The summed E-state index contributed by atoms with van der Waals surface area (Å²) in [4.78, 5) is 65.9. The lowest BCUT2D eigenvalue weighted by molar-refractivity contribution is -0.148. The molecule has 1 fully saturated rings. The smallest absolute Gasteiger partial charge is 0.386 e. The van der Waals surface area contributed by atoms with Gasteiger partial charge in [-0.25, -0.2) is 29.0 Å². The second-order valence-electron chi connectivity index (χ2n) is 25.3. The van der Waals surface area contributed by atoms with E-state index >= 15 is 0 Å². The second-order valence-corrected chi connectivity index (χ2v) is 27.6. The van der Waals surface area contributed by atoms with Gasteiger partial charge in [-0.1, -0.05) is 53.0 Å². The summed E-state index contributed by atoms with van der Waals surface area (Å²) in [5.74, 6) is -5.27. The molecule has 11 rings (SSSR count). The van der Waals surface area contributed by atoms with Crippen molar-refractivity contribution >= 4 is 93.6 Å². The number of pyridine rings is 2. The van der Waals surface area contributed by atoms with Gasteiger partial charge in [0.25, 0.3) is 35.3 Å². The highest BCUT2D eigenvalue weighted by molar-refractivity contribution is 7.71. The molecule has 10 aromatic rings. The van der Waals surface area contributed by atoms with E-state index < -0.39 is 75.7 Å². The zero-order valence-corrected chi connectivity index (χ0v) is 59.2. The van der Waals surface area contributed by atoms with E-state index in [0.717, 1.165) is 27.8 Å². The van der Waals surface area contributed by atoms with Crippen LogP contribution in [0.2, 0.25) is 15.1 Å². The van der Waals surface area contributed by atoms with Crippen molar-refractivity contribution in [3.63, 3.8) is 0 Å². The summed E-state index contributed by atoms with van der Waals surface area (Å²) in [5, 5.41) is 72.6. The van der Waals surface area contributed by atoms with E-state index in [1.807, 2.05) is 36.4 Å². The van der Waals surface area contributed by atoms with Crippen molar-refractivity contribution in [1.29, 1.82) is 10.5 Å². The van der Waals surface area contributed by atoms with Crippen LogP contribution in [-0.4, -0.2) is 135 Å². The predicted octanol–water partition coefficient (Wildman–Crippen LogP) is 11.2. The van der Waals surface area contributed by atoms with Crippen LogP contribution in [-0.2, 0) is 38.4 Å². The summed E-state index contributed by atoms with van der Waals surface area (Å²) in [6.45, 7) is 13.3. The van der Waals surface area contributed by atoms with Gasteiger partial charge in [-0.15, -0.1) is 26.9 Å². The van der Waals surface area contributed by atoms with Gasteiger partial charge in [0, 0.05) is 34.9 Å². The van der Waals surface area contributed by atoms with Gasteiger partial charge >= 0.3 is 12.4 Å². The van der Waals surface area contributed by atoms with Gasteiger partial charge in [-0.05, 0) is 180 Å². The summed E-state index contributed by atoms with van der Waals surface area (Å²) < 4.78 is 83.5. The third-order valence-electron chi connectivity index (χ3n) is 14.8. The molecule has 0 aliphatic heterocycles. The quantitative estimate of drug-likeness (QED) is 0.0280. The normalized spacial score (nSPS) is 13.2. The fourth-order valence-corrected chi connectivity index (χ4v) is 11.1. The van der Waals surface area contributed by atoms with E-state index in [1.165, 1.54) is 67.3 Å². The van der Waals surface area contributed by atoms with Crippen molar-refractivity contribution in [2.24, 2.45) is 0 Å². The standard InChI is InChI=1S/2C25H22ClF3N10O2.C14H15Cl2N3OS/c1-13-8-14(11-30)9-16(21(40)33-24(2,3)4)19(13)32-22(41)18-10-15(12-38-23(25(27,28)29)34-36-37-38)35-39(18)20-17(26)6-5-7-31-20;1-13-8-14(11-30)9-16(21(40)33-24(2,3)4)19(13)32-22(41)18-10-15(12-38-36-23(34-37-38)25(27,28)29)35-39(18)20-17(26)6-5-7-31-20;15-11-4-2-1-3-10(11)7-14(20,13(16)5-6-13)8-19-12(21)17-9-18-19/h2*5-10H,12H2,1-4H3,(H,32,41)(H,33,40);1-4,9,20H,5-8H2,(H,17,18,21). The van der Waals surface area contributed by atoms with Crippen LogP contribution in [0.4, 0.5) is 37.7 Å². The van der Waals surface area contributed by atoms with Gasteiger partial charge in [0.2, 0.25) is 4.77 Å². The first kappa shape index (κ1) is 76.6. The maximum absolute atomic E-state index is 13.7.